The lowest BCUT2D eigenvalue weighted by molar-refractivity contribution is 0.638. The Balaban J connectivity index is 2.84. The summed E-state index contributed by atoms with van der Waals surface area (Å²) in [5.41, 5.74) is 2.14. The third kappa shape index (κ3) is 1.59. The molecule has 0 aliphatic carbocycles. The first-order chi connectivity index (χ1) is 7.11. The molecule has 0 spiro atoms. The predicted molar refractivity (Wildman–Crippen MR) is 61.5 cm³/mol. The summed E-state index contributed by atoms with van der Waals surface area (Å²) in [6, 6.07) is 9.06. The van der Waals surface area contributed by atoms with Gasteiger partial charge in [0.1, 0.15) is 13.7 Å². The number of halogens is 1. The van der Waals surface area contributed by atoms with E-state index in [1.165, 1.54) is 6.07 Å². The number of hydrogen-bond donors (Lipinski definition) is 0. The number of nitrogens with zero attached hydrogens (tertiary/aromatic N) is 1. The number of aryl methyl sites for hydroxylation is 1. The van der Waals surface area contributed by atoms with Crippen LogP contribution in [0.2, 0.25) is 0 Å². The number of benzene rings is 2. The van der Waals surface area contributed by atoms with E-state index >= 15 is 0 Å². The quantitative estimate of drug-likeness (QED) is 0.586. The second-order valence-electron chi connectivity index (χ2n) is 3.73. The molecule has 0 saturated carbocycles. The van der Waals surface area contributed by atoms with Crippen LogP contribution in [0.3, 0.4) is 0 Å². The lowest BCUT2D eigenvalue weighted by atomic mass is 9.91. The SMILES string of the molecule is Bc1cc2cc(C#N)c(C)cc2cc1F. The average Bonchev–Trinajstić information content (AvgIpc) is 2.20. The van der Waals surface area contributed by atoms with E-state index in [-0.39, 0.29) is 5.82 Å². The number of nitriles is 1. The van der Waals surface area contributed by atoms with E-state index in [4.69, 9.17) is 5.26 Å². The molecule has 0 aromatic heterocycles. The van der Waals surface area contributed by atoms with Gasteiger partial charge < -0.3 is 0 Å². The summed E-state index contributed by atoms with van der Waals surface area (Å²) in [6.45, 7) is 1.86. The van der Waals surface area contributed by atoms with Gasteiger partial charge in [0.25, 0.3) is 0 Å². The van der Waals surface area contributed by atoms with Gasteiger partial charge in [0.05, 0.1) is 11.6 Å². The first kappa shape index (κ1) is 9.73. The van der Waals surface area contributed by atoms with Crippen LogP contribution in [-0.4, -0.2) is 7.85 Å². The van der Waals surface area contributed by atoms with Gasteiger partial charge in [-0.2, -0.15) is 5.26 Å². The summed E-state index contributed by atoms with van der Waals surface area (Å²) in [6.07, 6.45) is 0. The van der Waals surface area contributed by atoms with Crippen molar-refractivity contribution in [3.63, 3.8) is 0 Å². The number of rotatable bonds is 0. The van der Waals surface area contributed by atoms with E-state index in [0.717, 1.165) is 16.3 Å². The third-order valence-electron chi connectivity index (χ3n) is 2.58. The maximum absolute atomic E-state index is 13.3. The zero-order valence-electron chi connectivity index (χ0n) is 8.63. The highest BCUT2D eigenvalue weighted by molar-refractivity contribution is 6.33. The molecular formula is C12H9BFN. The van der Waals surface area contributed by atoms with Crippen molar-refractivity contribution in [3.05, 3.63) is 41.2 Å². The minimum absolute atomic E-state index is 0.202. The molecule has 0 radical (unpaired) electrons. The minimum atomic E-state index is -0.202. The fraction of sp³-hybridized carbons (Fsp3) is 0.0833. The highest BCUT2D eigenvalue weighted by Gasteiger charge is 2.04. The summed E-state index contributed by atoms with van der Waals surface area (Å²) < 4.78 is 13.3. The molecule has 15 heavy (non-hydrogen) atoms. The highest BCUT2D eigenvalue weighted by atomic mass is 19.1. The van der Waals surface area contributed by atoms with Crippen molar-refractivity contribution in [1.82, 2.24) is 0 Å². The second-order valence-corrected chi connectivity index (χ2v) is 3.73. The third-order valence-corrected chi connectivity index (χ3v) is 2.58. The molecule has 1 nitrogen and oxygen atoms in total. The molecule has 2 aromatic carbocycles. The van der Waals surface area contributed by atoms with Crippen molar-refractivity contribution in [2.45, 2.75) is 6.92 Å². The Morgan fingerprint density at radius 3 is 2.53 bits per heavy atom. The summed E-state index contributed by atoms with van der Waals surface area (Å²) in [4.78, 5) is 0. The van der Waals surface area contributed by atoms with E-state index in [1.54, 1.807) is 20.0 Å². The molecule has 0 fully saturated rings. The first-order valence-electron chi connectivity index (χ1n) is 4.72. The van der Waals surface area contributed by atoms with E-state index in [2.05, 4.69) is 6.07 Å². The summed E-state index contributed by atoms with van der Waals surface area (Å²) in [7, 11) is 1.72. The van der Waals surface area contributed by atoms with Gasteiger partial charge in [0, 0.05) is 0 Å². The Kier molecular flexibility index (Phi) is 2.20. The fourth-order valence-electron chi connectivity index (χ4n) is 1.67. The van der Waals surface area contributed by atoms with Gasteiger partial charge in [-0.05, 0) is 35.4 Å². The predicted octanol–water partition coefficient (Wildman–Crippen LogP) is 1.42. The number of fused-ring (bicyclic) bond motifs is 1. The molecule has 0 N–H and O–H groups in total. The van der Waals surface area contributed by atoms with Crippen LogP contribution >= 0.6 is 0 Å². The van der Waals surface area contributed by atoms with Gasteiger partial charge in [-0.3, -0.25) is 0 Å². The largest absolute Gasteiger partial charge is 0.208 e. The van der Waals surface area contributed by atoms with E-state index < -0.39 is 0 Å². The maximum atomic E-state index is 13.3. The Bertz CT molecular complexity index is 584. The van der Waals surface area contributed by atoms with Crippen LogP contribution in [0.1, 0.15) is 11.1 Å². The summed E-state index contributed by atoms with van der Waals surface area (Å²) >= 11 is 0. The molecule has 0 saturated heterocycles. The van der Waals surface area contributed by atoms with Crippen LogP contribution in [0.15, 0.2) is 24.3 Å². The smallest absolute Gasteiger partial charge is 0.143 e. The molecule has 72 valence electrons. The molecule has 2 rings (SSSR count). The average molecular weight is 197 g/mol. The van der Waals surface area contributed by atoms with Crippen molar-refractivity contribution < 1.29 is 4.39 Å². The standard InChI is InChI=1S/C12H9BFN/c1-7-2-8-5-12(14)11(13)4-9(8)3-10(7)6-15/h2-5H,13H2,1H3. The lowest BCUT2D eigenvalue weighted by Crippen LogP contribution is -2.07. The van der Waals surface area contributed by atoms with E-state index in [1.807, 2.05) is 13.0 Å². The van der Waals surface area contributed by atoms with Gasteiger partial charge in [-0.1, -0.05) is 17.6 Å². The maximum Gasteiger partial charge on any atom is 0.143 e. The van der Waals surface area contributed by atoms with Crippen LogP contribution in [0.5, 0.6) is 0 Å². The number of hydrogen-bond acceptors (Lipinski definition) is 1. The molecular weight excluding hydrogens is 188 g/mol. The van der Waals surface area contributed by atoms with Crippen LogP contribution in [0.25, 0.3) is 10.8 Å². The van der Waals surface area contributed by atoms with Crippen LogP contribution < -0.4 is 5.46 Å². The Morgan fingerprint density at radius 2 is 1.87 bits per heavy atom. The normalized spacial score (nSPS) is 10.2. The Morgan fingerprint density at radius 1 is 1.20 bits per heavy atom. The molecule has 0 amide bonds. The zero-order chi connectivity index (χ0) is 11.0. The van der Waals surface area contributed by atoms with Crippen LogP contribution in [0, 0.1) is 24.1 Å². The fourth-order valence-corrected chi connectivity index (χ4v) is 1.67. The molecule has 3 heteroatoms. The van der Waals surface area contributed by atoms with Gasteiger partial charge in [-0.15, -0.1) is 0 Å². The molecule has 0 unspecified atom stereocenters. The summed E-state index contributed by atoms with van der Waals surface area (Å²) in [5.74, 6) is -0.202. The monoisotopic (exact) mass is 197 g/mol. The Labute approximate surface area is 88.6 Å². The topological polar surface area (TPSA) is 23.8 Å². The molecule has 0 heterocycles. The van der Waals surface area contributed by atoms with Gasteiger partial charge in [-0.25, -0.2) is 4.39 Å². The van der Waals surface area contributed by atoms with Gasteiger partial charge >= 0.3 is 0 Å². The van der Waals surface area contributed by atoms with Crippen molar-refractivity contribution in [1.29, 1.82) is 5.26 Å². The Hall–Kier alpha value is -1.82. The van der Waals surface area contributed by atoms with Crippen molar-refractivity contribution in [3.8, 4) is 6.07 Å². The van der Waals surface area contributed by atoms with Crippen LogP contribution in [-0.2, 0) is 0 Å². The molecule has 2 aromatic rings. The van der Waals surface area contributed by atoms with Gasteiger partial charge in [0.2, 0.25) is 0 Å². The van der Waals surface area contributed by atoms with Crippen molar-refractivity contribution in [2.75, 3.05) is 0 Å². The minimum Gasteiger partial charge on any atom is -0.208 e. The molecule has 0 atom stereocenters. The zero-order valence-corrected chi connectivity index (χ0v) is 8.63. The van der Waals surface area contributed by atoms with E-state index in [0.29, 0.717) is 11.0 Å². The lowest BCUT2D eigenvalue weighted by Gasteiger charge is -2.04. The van der Waals surface area contributed by atoms with Gasteiger partial charge in [0.15, 0.2) is 0 Å². The molecule has 0 bridgehead atoms. The van der Waals surface area contributed by atoms with Crippen LogP contribution in [0.4, 0.5) is 4.39 Å². The first-order valence-corrected chi connectivity index (χ1v) is 4.72. The van der Waals surface area contributed by atoms with Crippen molar-refractivity contribution >= 4 is 24.1 Å². The van der Waals surface area contributed by atoms with E-state index in [9.17, 15) is 4.39 Å². The highest BCUT2D eigenvalue weighted by Crippen LogP contribution is 2.19. The molecule has 0 aliphatic heterocycles. The second kappa shape index (κ2) is 3.40. The summed E-state index contributed by atoms with van der Waals surface area (Å²) in [5, 5.41) is 10.6. The molecule has 0 aliphatic rings. The van der Waals surface area contributed by atoms with Crippen molar-refractivity contribution in [2.24, 2.45) is 0 Å².